The minimum absolute atomic E-state index is 0.0306. The Labute approximate surface area is 502 Å². The molecule has 0 fully saturated rings. The molecule has 21 heteroatoms. The highest BCUT2D eigenvalue weighted by Crippen LogP contribution is 2.26. The molecule has 16 aromatic rings. The van der Waals surface area contributed by atoms with E-state index in [1.165, 1.54) is 9.36 Å². The topological polar surface area (TPSA) is 262 Å². The molecule has 0 unspecified atom stereocenters. The first-order valence-electron chi connectivity index (χ1n) is 27.8. The van der Waals surface area contributed by atoms with Crippen LogP contribution in [0.15, 0.2) is 202 Å². The number of aliphatic hydroxyl groups is 1. The van der Waals surface area contributed by atoms with Gasteiger partial charge in [-0.15, -0.1) is 0 Å². The Morgan fingerprint density at radius 2 is 0.750 bits per heavy atom. The van der Waals surface area contributed by atoms with Crippen molar-refractivity contribution in [3.05, 3.63) is 263 Å². The lowest BCUT2D eigenvalue weighted by Crippen LogP contribution is -2.14. The van der Waals surface area contributed by atoms with E-state index in [1.54, 1.807) is 58.8 Å². The van der Waals surface area contributed by atoms with E-state index < -0.39 is 0 Å². The van der Waals surface area contributed by atoms with Gasteiger partial charge in [-0.3, -0.25) is 69.5 Å². The molecular weight excluding hydrogens is 1130 g/mol. The number of pyridine rings is 7. The number of H-pyrrole nitrogens is 4. The Morgan fingerprint density at radius 1 is 0.352 bits per heavy atom. The van der Waals surface area contributed by atoms with Gasteiger partial charge in [0.05, 0.1) is 114 Å². The number of fused-ring (bicyclic) bond motifs is 12. The third-order valence-corrected chi connectivity index (χ3v) is 15.3. The molecule has 0 spiro atoms. The average Bonchev–Trinajstić information content (AvgIpc) is 2.19. The van der Waals surface area contributed by atoms with Crippen LogP contribution in [0, 0.1) is 34.6 Å². The zero-order valence-electron chi connectivity index (χ0n) is 47.9. The zero-order chi connectivity index (χ0) is 60.9. The Kier molecular flexibility index (Phi) is 14.5. The first-order valence-corrected chi connectivity index (χ1v) is 28.2. The lowest BCUT2D eigenvalue weighted by molar-refractivity contribution is 0.282. The maximum Gasteiger partial charge on any atom is 0.280 e. The number of aryl methyl sites for hydroxylation is 5. The molecule has 0 atom stereocenters. The number of benzene rings is 5. The van der Waals surface area contributed by atoms with Gasteiger partial charge in [-0.25, -0.2) is 23.7 Å². The first kappa shape index (κ1) is 55.7. The number of aromatic nitrogens is 15. The summed E-state index contributed by atoms with van der Waals surface area (Å²) in [6, 6.07) is 43.9. The van der Waals surface area contributed by atoms with Crippen LogP contribution in [0.25, 0.3) is 110 Å². The van der Waals surface area contributed by atoms with Crippen LogP contribution in [0.4, 0.5) is 0 Å². The van der Waals surface area contributed by atoms with Gasteiger partial charge in [0.1, 0.15) is 5.15 Å². The van der Waals surface area contributed by atoms with Crippen LogP contribution >= 0.6 is 11.6 Å². The molecule has 0 aliphatic heterocycles. The highest BCUT2D eigenvalue weighted by Gasteiger charge is 2.17. The summed E-state index contributed by atoms with van der Waals surface area (Å²) in [5.74, 6) is 0. The maximum atomic E-state index is 12.6. The molecule has 0 bridgehead atoms. The van der Waals surface area contributed by atoms with Crippen LogP contribution in [-0.4, -0.2) is 79.1 Å². The number of hydrogen-bond acceptors (Lipinski definition) is 12. The third kappa shape index (κ3) is 10.4. The van der Waals surface area contributed by atoms with Gasteiger partial charge in [0.2, 0.25) is 0 Å². The highest BCUT2D eigenvalue weighted by molar-refractivity contribution is 6.30. The Balaban J connectivity index is 0.000000108. The number of rotatable bonds is 5. The molecule has 16 rings (SSSR count). The zero-order valence-corrected chi connectivity index (χ0v) is 48.7. The lowest BCUT2D eigenvalue weighted by atomic mass is 10.1. The minimum atomic E-state index is -0.136. The van der Waals surface area contributed by atoms with E-state index in [0.717, 1.165) is 111 Å². The van der Waals surface area contributed by atoms with Gasteiger partial charge in [0.25, 0.3) is 22.2 Å². The normalized spacial score (nSPS) is 11.4. The fourth-order valence-electron chi connectivity index (χ4n) is 10.6. The van der Waals surface area contributed by atoms with Crippen molar-refractivity contribution in [1.29, 1.82) is 0 Å². The molecular formula is C67H52ClN15O5. The summed E-state index contributed by atoms with van der Waals surface area (Å²) < 4.78 is 6.16. The molecule has 0 saturated heterocycles. The number of nitrogens with one attached hydrogen (secondary N) is 4. The standard InChI is InChI=1S/2C17H14N4O.C17H13N3O2.C16H11ClN4O/c1-10-3-5-12(6-4-10)21-17(22)14-8-19-15-9-18-11(2)7-13(15)16(14)20-21;1-10-4-3-5-12(6-10)21-17(22)14-8-19-15-9-18-11(2)7-13(15)16(14)20-21;21-10-11-6-7-13-15(8-11)18-9-14-16(13)19-20(17(14)22)12-4-2-1-3-5-12;1-9-3-2-4-10(5-9)21-16(22)12-7-18-13-8-19-14(17)6-11(13)15(12)20-21/h2*3-9,20H,1-2H3;1-9,19,21H,10H2;2-8,20H,1H3. The molecule has 0 aliphatic carbocycles. The molecule has 11 heterocycles. The van der Waals surface area contributed by atoms with Gasteiger partial charge >= 0.3 is 0 Å². The predicted molar refractivity (Wildman–Crippen MR) is 345 cm³/mol. The average molecular weight is 1180 g/mol. The Morgan fingerprint density at radius 3 is 1.20 bits per heavy atom. The van der Waals surface area contributed by atoms with Crippen molar-refractivity contribution < 1.29 is 5.11 Å². The van der Waals surface area contributed by atoms with Crippen molar-refractivity contribution in [2.45, 2.75) is 41.2 Å². The minimum Gasteiger partial charge on any atom is -0.392 e. The van der Waals surface area contributed by atoms with Gasteiger partial charge in [-0.2, -0.15) is 0 Å². The fraction of sp³-hybridized carbons (Fsp3) is 0.0896. The molecule has 0 aliphatic rings. The van der Waals surface area contributed by atoms with Crippen molar-refractivity contribution >= 4 is 98.8 Å². The van der Waals surface area contributed by atoms with E-state index in [2.05, 4.69) is 55.3 Å². The van der Waals surface area contributed by atoms with E-state index in [0.29, 0.717) is 37.7 Å². The third-order valence-electron chi connectivity index (χ3n) is 15.1. The number of aliphatic hydroxyl groups excluding tert-OH is 1. The number of nitrogens with zero attached hydrogens (tertiary/aromatic N) is 11. The molecule has 88 heavy (non-hydrogen) atoms. The first-order chi connectivity index (χ1) is 42.7. The van der Waals surface area contributed by atoms with E-state index in [9.17, 15) is 24.3 Å². The predicted octanol–water partition coefficient (Wildman–Crippen LogP) is 11.3. The van der Waals surface area contributed by atoms with E-state index in [4.69, 9.17) is 11.6 Å². The van der Waals surface area contributed by atoms with Gasteiger partial charge in [-0.1, -0.05) is 83.9 Å². The largest absolute Gasteiger partial charge is 0.392 e. The number of para-hydroxylation sites is 1. The maximum absolute atomic E-state index is 12.6. The molecule has 5 N–H and O–H groups in total. The van der Waals surface area contributed by atoms with Crippen molar-refractivity contribution in [3.63, 3.8) is 0 Å². The van der Waals surface area contributed by atoms with Crippen LogP contribution in [0.5, 0.6) is 0 Å². The summed E-state index contributed by atoms with van der Waals surface area (Å²) in [6.45, 7) is 9.83. The monoisotopic (exact) mass is 1180 g/mol. The van der Waals surface area contributed by atoms with Crippen molar-refractivity contribution in [1.82, 2.24) is 74.0 Å². The van der Waals surface area contributed by atoms with Crippen LogP contribution in [0.1, 0.15) is 33.6 Å². The van der Waals surface area contributed by atoms with Gasteiger partial charge in [0, 0.05) is 57.7 Å². The summed E-state index contributed by atoms with van der Waals surface area (Å²) >= 11 is 5.97. The quantitative estimate of drug-likeness (QED) is 0.101. The number of aromatic amines is 4. The second-order valence-corrected chi connectivity index (χ2v) is 21.7. The van der Waals surface area contributed by atoms with Crippen molar-refractivity contribution in [2.24, 2.45) is 0 Å². The van der Waals surface area contributed by atoms with Gasteiger partial charge in [-0.05, 0) is 124 Å². The molecule has 20 nitrogen and oxygen atoms in total. The summed E-state index contributed by atoms with van der Waals surface area (Å²) in [5.41, 5.74) is 14.7. The smallest absolute Gasteiger partial charge is 0.280 e. The Bertz CT molecular complexity index is 5470. The molecule has 0 radical (unpaired) electrons. The second-order valence-electron chi connectivity index (χ2n) is 21.3. The van der Waals surface area contributed by atoms with Crippen molar-refractivity contribution in [2.75, 3.05) is 0 Å². The highest BCUT2D eigenvalue weighted by atomic mass is 35.5. The fourth-order valence-corrected chi connectivity index (χ4v) is 10.8. The summed E-state index contributed by atoms with van der Waals surface area (Å²) in [7, 11) is 0. The SMILES string of the molecule is Cc1ccc(-n2[nH]c3c(cnc4cnc(C)cc43)c2=O)cc1.Cc1cccc(-n2[nH]c3c(cnc4cnc(C)cc43)c2=O)c1.Cc1cccc(-n2[nH]c3c(cnc4cnc(Cl)cc43)c2=O)c1.O=c1c2cnc3cc(CO)ccc3c2[nH]n1-c1ccccc1. The van der Waals surface area contributed by atoms with Crippen LogP contribution in [0.2, 0.25) is 5.15 Å². The summed E-state index contributed by atoms with van der Waals surface area (Å²) in [6.07, 6.45) is 11.4. The number of halogens is 1. The number of hydrogen-bond donors (Lipinski definition) is 5. The molecule has 432 valence electrons. The van der Waals surface area contributed by atoms with E-state index in [1.807, 2.05) is 168 Å². The Hall–Kier alpha value is -11.5. The molecule has 0 saturated carbocycles. The van der Waals surface area contributed by atoms with Crippen LogP contribution in [-0.2, 0) is 6.61 Å². The summed E-state index contributed by atoms with van der Waals surface area (Å²) in [5, 5.41) is 28.0. The molecule has 5 aromatic carbocycles. The van der Waals surface area contributed by atoms with Crippen molar-refractivity contribution in [3.8, 4) is 22.7 Å². The van der Waals surface area contributed by atoms with E-state index >= 15 is 0 Å². The molecule has 0 amide bonds. The van der Waals surface area contributed by atoms with Gasteiger partial charge in [0.15, 0.2) is 0 Å². The van der Waals surface area contributed by atoms with E-state index in [-0.39, 0.29) is 28.8 Å². The lowest BCUT2D eigenvalue weighted by Gasteiger charge is -2.02. The summed E-state index contributed by atoms with van der Waals surface area (Å²) in [4.78, 5) is 80.2. The molecule has 11 aromatic heterocycles. The second kappa shape index (κ2) is 22.8. The van der Waals surface area contributed by atoms with Crippen LogP contribution < -0.4 is 22.2 Å². The van der Waals surface area contributed by atoms with Crippen LogP contribution in [0.3, 0.4) is 0 Å². The van der Waals surface area contributed by atoms with Gasteiger partial charge < -0.3 is 5.11 Å².